The van der Waals surface area contributed by atoms with E-state index in [-0.39, 0.29) is 19.4 Å². The molecule has 1 aliphatic heterocycles. The van der Waals surface area contributed by atoms with Crippen molar-refractivity contribution >= 4 is 27.3 Å². The number of fused-ring (bicyclic) bond motifs is 1. The van der Waals surface area contributed by atoms with E-state index in [9.17, 15) is 13.2 Å². The fourth-order valence-electron chi connectivity index (χ4n) is 2.69. The van der Waals surface area contributed by atoms with Gasteiger partial charge in [-0.05, 0) is 38.1 Å². The van der Waals surface area contributed by atoms with Crippen molar-refractivity contribution in [3.05, 3.63) is 42.5 Å². The summed E-state index contributed by atoms with van der Waals surface area (Å²) in [5, 5.41) is 2.70. The molecule has 8 nitrogen and oxygen atoms in total. The minimum Gasteiger partial charge on any atom is -0.491 e. The van der Waals surface area contributed by atoms with Gasteiger partial charge in [0.15, 0.2) is 11.5 Å². The summed E-state index contributed by atoms with van der Waals surface area (Å²) in [5.74, 6) is 1.10. The normalized spacial score (nSPS) is 12.7. The highest BCUT2D eigenvalue weighted by atomic mass is 32.2. The molecule has 1 heterocycles. The Labute approximate surface area is 164 Å². The van der Waals surface area contributed by atoms with Crippen LogP contribution in [0.5, 0.6) is 17.2 Å². The molecule has 0 saturated carbocycles. The quantitative estimate of drug-likeness (QED) is 0.760. The van der Waals surface area contributed by atoms with Gasteiger partial charge in [-0.15, -0.1) is 0 Å². The van der Waals surface area contributed by atoms with Crippen molar-refractivity contribution in [1.29, 1.82) is 0 Å². The Balaban J connectivity index is 1.76. The van der Waals surface area contributed by atoms with Crippen LogP contribution in [0.4, 0.5) is 11.4 Å². The van der Waals surface area contributed by atoms with Gasteiger partial charge >= 0.3 is 0 Å². The van der Waals surface area contributed by atoms with Crippen LogP contribution in [-0.2, 0) is 14.8 Å². The molecule has 1 N–H and O–H groups in total. The Morgan fingerprint density at radius 2 is 1.93 bits per heavy atom. The molecule has 0 aliphatic carbocycles. The Kier molecular flexibility index (Phi) is 5.64. The molecule has 2 aromatic carbocycles. The average Bonchev–Trinajstić information content (AvgIpc) is 3.06. The number of hydrogen-bond donors (Lipinski definition) is 1. The number of hydrogen-bond acceptors (Lipinski definition) is 6. The number of carbonyl (C=O) groups excluding carboxylic acids is 1. The van der Waals surface area contributed by atoms with Crippen molar-refractivity contribution in [2.45, 2.75) is 20.0 Å². The Bertz CT molecular complexity index is 974. The van der Waals surface area contributed by atoms with Crippen molar-refractivity contribution in [1.82, 2.24) is 0 Å². The first kappa shape index (κ1) is 19.8. The molecule has 0 unspecified atom stereocenters. The van der Waals surface area contributed by atoms with Gasteiger partial charge < -0.3 is 19.5 Å². The number of amides is 1. The standard InChI is InChI=1S/C19H22N2O6S/c1-13(2)27-16-6-4-5-14(9-16)20-19(22)11-21(28(3,23)24)15-7-8-17-18(10-15)26-12-25-17/h4-10,13H,11-12H2,1-3H3,(H,20,22). The molecule has 9 heteroatoms. The minimum absolute atomic E-state index is 0.00214. The number of sulfonamides is 1. The Morgan fingerprint density at radius 1 is 1.18 bits per heavy atom. The van der Waals surface area contributed by atoms with E-state index in [1.54, 1.807) is 36.4 Å². The zero-order valence-electron chi connectivity index (χ0n) is 15.8. The summed E-state index contributed by atoms with van der Waals surface area (Å²) in [6.07, 6.45) is 1.04. The third-order valence-electron chi connectivity index (χ3n) is 3.82. The average molecular weight is 406 g/mol. The van der Waals surface area contributed by atoms with E-state index < -0.39 is 15.9 Å². The maximum Gasteiger partial charge on any atom is 0.245 e. The Hall–Kier alpha value is -2.94. The maximum atomic E-state index is 12.5. The number of nitrogens with zero attached hydrogens (tertiary/aromatic N) is 1. The maximum absolute atomic E-state index is 12.5. The van der Waals surface area contributed by atoms with Crippen molar-refractivity contribution < 1.29 is 27.4 Å². The molecule has 1 amide bonds. The number of ether oxygens (including phenoxy) is 3. The third-order valence-corrected chi connectivity index (χ3v) is 4.96. The monoisotopic (exact) mass is 406 g/mol. The van der Waals surface area contributed by atoms with Crippen LogP contribution in [0.15, 0.2) is 42.5 Å². The minimum atomic E-state index is -3.70. The van der Waals surface area contributed by atoms with Crippen molar-refractivity contribution in [3.63, 3.8) is 0 Å². The van der Waals surface area contributed by atoms with Gasteiger partial charge in [0.25, 0.3) is 0 Å². The van der Waals surface area contributed by atoms with Crippen LogP contribution in [0.1, 0.15) is 13.8 Å². The van der Waals surface area contributed by atoms with Crippen LogP contribution >= 0.6 is 0 Å². The van der Waals surface area contributed by atoms with Crippen LogP contribution < -0.4 is 23.8 Å². The first-order chi connectivity index (χ1) is 13.2. The summed E-state index contributed by atoms with van der Waals surface area (Å²) >= 11 is 0. The molecule has 0 saturated heterocycles. The lowest BCUT2D eigenvalue weighted by Crippen LogP contribution is -2.37. The Morgan fingerprint density at radius 3 is 2.64 bits per heavy atom. The van der Waals surface area contributed by atoms with E-state index in [2.05, 4.69) is 5.32 Å². The van der Waals surface area contributed by atoms with Crippen molar-refractivity contribution in [2.24, 2.45) is 0 Å². The number of anilines is 2. The summed E-state index contributed by atoms with van der Waals surface area (Å²) in [6.45, 7) is 3.50. The molecule has 2 aromatic rings. The second kappa shape index (κ2) is 7.97. The van der Waals surface area contributed by atoms with E-state index in [1.807, 2.05) is 13.8 Å². The van der Waals surface area contributed by atoms with Crippen LogP contribution in [0, 0.1) is 0 Å². The molecular weight excluding hydrogens is 384 g/mol. The summed E-state index contributed by atoms with van der Waals surface area (Å²) < 4.78 is 41.6. The first-order valence-electron chi connectivity index (χ1n) is 8.66. The topological polar surface area (TPSA) is 94.2 Å². The van der Waals surface area contributed by atoms with Gasteiger partial charge in [0.05, 0.1) is 18.0 Å². The highest BCUT2D eigenvalue weighted by Crippen LogP contribution is 2.36. The predicted molar refractivity (Wildman–Crippen MR) is 106 cm³/mol. The summed E-state index contributed by atoms with van der Waals surface area (Å²) in [4.78, 5) is 12.5. The lowest BCUT2D eigenvalue weighted by molar-refractivity contribution is -0.114. The van der Waals surface area contributed by atoms with Crippen LogP contribution in [0.25, 0.3) is 0 Å². The molecule has 0 fully saturated rings. The zero-order valence-corrected chi connectivity index (χ0v) is 16.7. The van der Waals surface area contributed by atoms with E-state index >= 15 is 0 Å². The lowest BCUT2D eigenvalue weighted by Gasteiger charge is -2.22. The second-order valence-electron chi connectivity index (χ2n) is 6.55. The molecular formula is C19H22N2O6S. The highest BCUT2D eigenvalue weighted by Gasteiger charge is 2.24. The van der Waals surface area contributed by atoms with Gasteiger partial charge in [-0.1, -0.05) is 6.07 Å². The molecule has 0 bridgehead atoms. The number of benzene rings is 2. The van der Waals surface area contributed by atoms with E-state index in [0.717, 1.165) is 10.6 Å². The van der Waals surface area contributed by atoms with Gasteiger partial charge in [-0.2, -0.15) is 0 Å². The number of rotatable bonds is 7. The fourth-order valence-corrected chi connectivity index (χ4v) is 3.54. The van der Waals surface area contributed by atoms with E-state index in [1.165, 1.54) is 6.07 Å². The summed E-state index contributed by atoms with van der Waals surface area (Å²) in [7, 11) is -3.70. The fraction of sp³-hybridized carbons (Fsp3) is 0.316. The molecule has 1 aliphatic rings. The molecule has 3 rings (SSSR count). The van der Waals surface area contributed by atoms with Gasteiger partial charge in [-0.25, -0.2) is 8.42 Å². The van der Waals surface area contributed by atoms with Crippen LogP contribution in [-0.4, -0.2) is 40.0 Å². The summed E-state index contributed by atoms with van der Waals surface area (Å²) in [5.41, 5.74) is 0.834. The zero-order chi connectivity index (χ0) is 20.3. The molecule has 0 atom stereocenters. The van der Waals surface area contributed by atoms with Gasteiger partial charge in [0.2, 0.25) is 22.7 Å². The smallest absolute Gasteiger partial charge is 0.245 e. The molecule has 0 spiro atoms. The number of nitrogens with one attached hydrogen (secondary N) is 1. The lowest BCUT2D eigenvalue weighted by atomic mass is 10.2. The molecule has 150 valence electrons. The first-order valence-corrected chi connectivity index (χ1v) is 10.5. The van der Waals surface area contributed by atoms with Crippen LogP contribution in [0.3, 0.4) is 0 Å². The SMILES string of the molecule is CC(C)Oc1cccc(NC(=O)CN(c2ccc3c(c2)OCO3)S(C)(=O)=O)c1. The molecule has 0 radical (unpaired) electrons. The molecule has 28 heavy (non-hydrogen) atoms. The van der Waals surface area contributed by atoms with Gasteiger partial charge in [-0.3, -0.25) is 9.10 Å². The molecule has 0 aromatic heterocycles. The number of carbonyl (C=O) groups is 1. The largest absolute Gasteiger partial charge is 0.491 e. The van der Waals surface area contributed by atoms with Crippen LogP contribution in [0.2, 0.25) is 0 Å². The highest BCUT2D eigenvalue weighted by molar-refractivity contribution is 7.92. The van der Waals surface area contributed by atoms with E-state index in [0.29, 0.717) is 28.6 Å². The summed E-state index contributed by atoms with van der Waals surface area (Å²) in [6, 6.07) is 11.6. The van der Waals surface area contributed by atoms with E-state index in [4.69, 9.17) is 14.2 Å². The van der Waals surface area contributed by atoms with Crippen molar-refractivity contribution in [2.75, 3.05) is 29.2 Å². The van der Waals surface area contributed by atoms with Gasteiger partial charge in [0, 0.05) is 17.8 Å². The predicted octanol–water partition coefficient (Wildman–Crippen LogP) is 2.61. The second-order valence-corrected chi connectivity index (χ2v) is 8.46. The third kappa shape index (κ3) is 4.86. The van der Waals surface area contributed by atoms with Crippen molar-refractivity contribution in [3.8, 4) is 17.2 Å². The van der Waals surface area contributed by atoms with Gasteiger partial charge in [0.1, 0.15) is 12.3 Å².